The van der Waals surface area contributed by atoms with E-state index in [2.05, 4.69) is 0 Å². The number of fused-ring (bicyclic) bond motifs is 9. The minimum Gasteiger partial charge on any atom is -0.309 e. The van der Waals surface area contributed by atoms with Crippen molar-refractivity contribution in [2.24, 2.45) is 0 Å². The molecule has 0 unspecified atom stereocenters. The van der Waals surface area contributed by atoms with E-state index in [4.69, 9.17) is 9.60 Å². The minimum absolute atomic E-state index is 0.0234. The van der Waals surface area contributed by atoms with Gasteiger partial charge in [0, 0.05) is 54.9 Å². The lowest BCUT2D eigenvalue weighted by atomic mass is 10.0. The summed E-state index contributed by atoms with van der Waals surface area (Å²) in [4.78, 5) is 0. The Kier molecular flexibility index (Phi) is 3.91. The molecule has 0 amide bonds. The Hall–Kier alpha value is -7.62. The van der Waals surface area contributed by atoms with Gasteiger partial charge in [-0.15, -0.1) is 0 Å². The van der Waals surface area contributed by atoms with Crippen molar-refractivity contribution in [1.29, 1.82) is 0 Å². The van der Waals surface area contributed by atoms with Crippen LogP contribution in [0.4, 0.5) is 0 Å². The second kappa shape index (κ2) is 12.5. The smallest absolute Gasteiger partial charge is 0.0667 e. The van der Waals surface area contributed by atoms with Gasteiger partial charge >= 0.3 is 0 Å². The first kappa shape index (κ1) is 17.9. The van der Waals surface area contributed by atoms with Crippen LogP contribution in [0, 0.1) is 0 Å². The monoisotopic (exact) mass is 745 g/mol. The van der Waals surface area contributed by atoms with Crippen LogP contribution in [-0.2, 0) is 0 Å². The topological polar surface area (TPSA) is 14.8 Å². The molecule has 3 aromatic heterocycles. The van der Waals surface area contributed by atoms with Crippen molar-refractivity contribution in [3.63, 3.8) is 0 Å². The lowest BCUT2D eigenvalue weighted by molar-refractivity contribution is 1.15. The molecule has 0 aliphatic heterocycles. The normalized spacial score (nSPS) is 16.8. The van der Waals surface area contributed by atoms with Crippen molar-refractivity contribution in [2.75, 3.05) is 0 Å². The van der Waals surface area contributed by atoms with E-state index in [0.717, 1.165) is 4.57 Å². The molecule has 57 heavy (non-hydrogen) atoms. The Balaban J connectivity index is 1.28. The first-order valence-electron chi connectivity index (χ1n) is 28.0. The van der Waals surface area contributed by atoms with E-state index in [1.807, 2.05) is 0 Å². The highest BCUT2D eigenvalue weighted by Gasteiger charge is 2.20. The zero-order chi connectivity index (χ0) is 54.9. The predicted octanol–water partition coefficient (Wildman–Crippen LogP) is 14.3. The lowest BCUT2D eigenvalue weighted by Gasteiger charge is -2.13. The number of para-hydroxylation sites is 5. The third-order valence-electron chi connectivity index (χ3n) is 10.2. The van der Waals surface area contributed by atoms with Crippen LogP contribution in [0.25, 0.3) is 105 Å². The molecule has 0 radical (unpaired) electrons. The summed E-state index contributed by atoms with van der Waals surface area (Å²) in [6.07, 6.45) is 0. The zero-order valence-corrected chi connectivity index (χ0v) is 29.5. The van der Waals surface area contributed by atoms with Crippen molar-refractivity contribution in [1.82, 2.24) is 13.7 Å². The maximum absolute atomic E-state index is 10.2. The van der Waals surface area contributed by atoms with E-state index in [0.29, 0.717) is 16.9 Å². The van der Waals surface area contributed by atoms with Gasteiger partial charge in [-0.1, -0.05) is 139 Å². The van der Waals surface area contributed by atoms with Gasteiger partial charge in [-0.05, 0) is 89.3 Å². The van der Waals surface area contributed by atoms with E-state index < -0.39 is 153 Å². The third kappa shape index (κ3) is 4.79. The predicted molar refractivity (Wildman–Crippen MR) is 240 cm³/mol. The van der Waals surface area contributed by atoms with E-state index in [9.17, 15) is 17.8 Å². The van der Waals surface area contributed by atoms with Crippen LogP contribution in [0.3, 0.4) is 0 Å². The molecule has 0 aliphatic carbocycles. The van der Waals surface area contributed by atoms with Crippen molar-refractivity contribution in [3.8, 4) is 39.3 Å². The average molecular weight is 746 g/mol. The summed E-state index contributed by atoms with van der Waals surface area (Å²) in [6.45, 7) is 0. The van der Waals surface area contributed by atoms with Crippen molar-refractivity contribution >= 4 is 65.4 Å². The highest BCUT2D eigenvalue weighted by atomic mass is 15.0. The fraction of sp³-hybridized carbons (Fsp3) is 0. The van der Waals surface area contributed by atoms with E-state index in [1.165, 1.54) is 9.13 Å². The fourth-order valence-corrected chi connectivity index (χ4v) is 7.75. The summed E-state index contributed by atoms with van der Waals surface area (Å²) in [5, 5.41) is -1.43. The standard InChI is InChI=1S/C54H35N3/c1-4-15-36(16-5-1)42-23-14-24-46-45-30-29-41(35-53(45)57(54(42)46)40-19-8-3-9-20-40)56-50-26-13-11-22-44(50)48-34-38(28-32-52(48)56)37-27-31-51-47(33-37)43-21-10-12-25-49(43)55(51)39-17-6-2-7-18-39/h1-35H/i10D,11D,12D,13D,14D,21D,22D,23D,24D,25D,26D,27D,28D,29D,30D,31D,32D,33D,34D,35D. The van der Waals surface area contributed by atoms with Gasteiger partial charge in [-0.2, -0.15) is 0 Å². The van der Waals surface area contributed by atoms with Gasteiger partial charge in [-0.3, -0.25) is 0 Å². The third-order valence-corrected chi connectivity index (χ3v) is 10.2. The molecule has 9 aromatic carbocycles. The molecule has 0 spiro atoms. The Morgan fingerprint density at radius 2 is 0.789 bits per heavy atom. The Morgan fingerprint density at radius 1 is 0.298 bits per heavy atom. The fourth-order valence-electron chi connectivity index (χ4n) is 7.75. The van der Waals surface area contributed by atoms with Crippen molar-refractivity contribution in [2.45, 2.75) is 0 Å². The van der Waals surface area contributed by atoms with Crippen molar-refractivity contribution < 1.29 is 27.4 Å². The second-order valence-electron chi connectivity index (χ2n) is 13.4. The molecule has 0 aliphatic rings. The van der Waals surface area contributed by atoms with Gasteiger partial charge in [0.25, 0.3) is 0 Å². The van der Waals surface area contributed by atoms with Gasteiger partial charge in [0.05, 0.1) is 60.5 Å². The molecule has 0 N–H and O–H groups in total. The molecular weight excluding hydrogens is 691 g/mol. The maximum atomic E-state index is 10.2. The summed E-state index contributed by atoms with van der Waals surface area (Å²) in [6, 6.07) is 12.4. The summed E-state index contributed by atoms with van der Waals surface area (Å²) in [7, 11) is 0. The number of hydrogen-bond acceptors (Lipinski definition) is 0. The Labute approximate surface area is 357 Å². The van der Waals surface area contributed by atoms with Gasteiger partial charge < -0.3 is 13.7 Å². The summed E-state index contributed by atoms with van der Waals surface area (Å²) in [5.74, 6) is 0. The zero-order valence-electron chi connectivity index (χ0n) is 49.5. The highest BCUT2D eigenvalue weighted by molar-refractivity contribution is 6.16. The summed E-state index contributed by atoms with van der Waals surface area (Å²) >= 11 is 0. The molecule has 0 saturated carbocycles. The molecule has 0 bridgehead atoms. The molecule has 3 heteroatoms. The van der Waals surface area contributed by atoms with Crippen LogP contribution >= 0.6 is 0 Å². The van der Waals surface area contributed by atoms with Gasteiger partial charge in [-0.25, -0.2) is 0 Å². The second-order valence-corrected chi connectivity index (χ2v) is 13.4. The molecule has 0 fully saturated rings. The number of benzene rings is 9. The van der Waals surface area contributed by atoms with Gasteiger partial charge in [0.1, 0.15) is 0 Å². The number of nitrogens with zero attached hydrogens (tertiary/aromatic N) is 3. The average Bonchev–Trinajstić information content (AvgIpc) is 4.30. The van der Waals surface area contributed by atoms with E-state index >= 15 is 0 Å². The van der Waals surface area contributed by atoms with Crippen LogP contribution in [0.15, 0.2) is 212 Å². The number of aromatic nitrogens is 3. The first-order valence-corrected chi connectivity index (χ1v) is 18.0. The van der Waals surface area contributed by atoms with E-state index in [-0.39, 0.29) is 55.2 Å². The summed E-state index contributed by atoms with van der Waals surface area (Å²) in [5.41, 5.74) is -1.52. The molecule has 3 nitrogen and oxygen atoms in total. The largest absolute Gasteiger partial charge is 0.309 e. The Morgan fingerprint density at radius 3 is 1.40 bits per heavy atom. The van der Waals surface area contributed by atoms with Crippen LogP contribution in [0.2, 0.25) is 0 Å². The molecule has 0 saturated heterocycles. The maximum Gasteiger partial charge on any atom is 0.0667 e. The summed E-state index contributed by atoms with van der Waals surface area (Å²) < 4.78 is 192. The lowest BCUT2D eigenvalue weighted by Crippen LogP contribution is -1.97. The van der Waals surface area contributed by atoms with Crippen LogP contribution in [-0.4, -0.2) is 13.7 Å². The molecule has 3 heterocycles. The van der Waals surface area contributed by atoms with Crippen LogP contribution < -0.4 is 0 Å². The molecule has 266 valence electrons. The first-order chi connectivity index (χ1) is 36.7. The molecule has 12 aromatic rings. The van der Waals surface area contributed by atoms with Gasteiger partial charge in [0.15, 0.2) is 0 Å². The number of hydrogen-bond donors (Lipinski definition) is 0. The molecular formula is C54H35N3. The molecule has 12 rings (SSSR count). The quantitative estimate of drug-likeness (QED) is 0.167. The number of rotatable bonds is 5. The van der Waals surface area contributed by atoms with Crippen LogP contribution in [0.5, 0.6) is 0 Å². The molecule has 0 atom stereocenters. The SMILES string of the molecule is [2H]c1c([2H])c([2H])c2c(c1[2H])c1c([2H])c(-c3c([2H])c([2H])c4c(c3[2H])c3c([2H])c([2H])c([2H])c([2H])c3n4-c3c([2H])c([2H])c4c5c([2H])c([2H])c([2H])c(-c6ccccc6)c5n(-c5ccccc5)c4c3[2H])c([2H])c([2H])c1n2-c1ccccc1. The van der Waals surface area contributed by atoms with Crippen LogP contribution in [0.1, 0.15) is 27.4 Å². The highest BCUT2D eigenvalue weighted by Crippen LogP contribution is 2.42. The minimum atomic E-state index is -0.850. The van der Waals surface area contributed by atoms with Gasteiger partial charge in [0.2, 0.25) is 0 Å². The van der Waals surface area contributed by atoms with Crippen molar-refractivity contribution in [3.05, 3.63) is 212 Å². The Bertz CT molecular complexity index is 4660. The van der Waals surface area contributed by atoms with E-state index in [1.54, 1.807) is 91.0 Å².